The van der Waals surface area contributed by atoms with Gasteiger partial charge < -0.3 is 9.84 Å². The Hall–Kier alpha value is -2.45. The summed E-state index contributed by atoms with van der Waals surface area (Å²) in [4.78, 5) is 11.3. The zero-order chi connectivity index (χ0) is 19.5. The highest BCUT2D eigenvalue weighted by Crippen LogP contribution is 2.25. The summed E-state index contributed by atoms with van der Waals surface area (Å²) in [6.07, 6.45) is 0. The van der Waals surface area contributed by atoms with Gasteiger partial charge in [0.25, 0.3) is 0 Å². The van der Waals surface area contributed by atoms with Gasteiger partial charge in [-0.2, -0.15) is 4.72 Å². The van der Waals surface area contributed by atoms with Crippen LogP contribution in [0.1, 0.15) is 20.8 Å². The third-order valence-corrected chi connectivity index (χ3v) is 5.01. The summed E-state index contributed by atoms with van der Waals surface area (Å²) in [5.41, 5.74) is -0.801. The molecule has 2 rings (SSSR count). The number of carboxylic acid groups (broad SMARTS) is 1. The lowest BCUT2D eigenvalue weighted by Crippen LogP contribution is -2.48. The Bertz CT molecular complexity index is 871. The number of hydrogen-bond acceptors (Lipinski definition) is 4. The van der Waals surface area contributed by atoms with E-state index in [0.29, 0.717) is 11.5 Å². The number of sulfonamides is 1. The van der Waals surface area contributed by atoms with Crippen molar-refractivity contribution in [3.8, 4) is 11.5 Å². The Balaban J connectivity index is 2.18. The fraction of sp³-hybridized carbons (Fsp3) is 0.278. The standard InChI is InChI=1S/C18H20FNO5S/c1-18(2,3)16(17(21)22)20-26(23,24)15-10-8-14(9-11-15)25-13-6-4-12(19)5-7-13/h4-11,16,20H,1-3H3,(H,21,22)/t16-/m0/s1. The second-order valence-corrected chi connectivity index (χ2v) is 8.50. The largest absolute Gasteiger partial charge is 0.480 e. The Morgan fingerprint density at radius 2 is 1.50 bits per heavy atom. The lowest BCUT2D eigenvalue weighted by Gasteiger charge is -2.27. The van der Waals surface area contributed by atoms with Crippen LogP contribution in [0.2, 0.25) is 0 Å². The molecule has 0 radical (unpaired) electrons. The molecule has 2 aromatic carbocycles. The molecule has 0 fully saturated rings. The lowest BCUT2D eigenvalue weighted by atomic mass is 9.88. The van der Waals surface area contributed by atoms with Gasteiger partial charge in [0.15, 0.2) is 0 Å². The smallest absolute Gasteiger partial charge is 0.322 e. The molecule has 0 aliphatic rings. The number of ether oxygens (including phenoxy) is 1. The van der Waals surface area contributed by atoms with E-state index in [-0.39, 0.29) is 4.90 Å². The number of rotatable bonds is 6. The van der Waals surface area contributed by atoms with Crippen LogP contribution in [0.3, 0.4) is 0 Å². The van der Waals surface area contributed by atoms with Gasteiger partial charge in [-0.3, -0.25) is 4.79 Å². The van der Waals surface area contributed by atoms with Crippen molar-refractivity contribution in [1.82, 2.24) is 4.72 Å². The number of nitrogens with one attached hydrogen (secondary N) is 1. The Morgan fingerprint density at radius 1 is 1.04 bits per heavy atom. The number of aliphatic carboxylic acids is 1. The Kier molecular flexibility index (Phi) is 5.68. The van der Waals surface area contributed by atoms with Crippen LogP contribution in [-0.4, -0.2) is 25.5 Å². The first-order chi connectivity index (χ1) is 12.0. The third kappa shape index (κ3) is 5.03. The second-order valence-electron chi connectivity index (χ2n) is 6.79. The molecule has 0 aliphatic heterocycles. The van der Waals surface area contributed by atoms with E-state index in [0.717, 1.165) is 0 Å². The van der Waals surface area contributed by atoms with Crippen molar-refractivity contribution in [2.45, 2.75) is 31.7 Å². The molecule has 26 heavy (non-hydrogen) atoms. The molecular weight excluding hydrogens is 361 g/mol. The van der Waals surface area contributed by atoms with Crippen molar-refractivity contribution >= 4 is 16.0 Å². The molecule has 0 saturated heterocycles. The summed E-state index contributed by atoms with van der Waals surface area (Å²) in [6, 6.07) is 9.60. The topological polar surface area (TPSA) is 92.7 Å². The van der Waals surface area contributed by atoms with Gasteiger partial charge in [-0.1, -0.05) is 20.8 Å². The molecule has 0 saturated carbocycles. The minimum Gasteiger partial charge on any atom is -0.480 e. The molecule has 0 unspecified atom stereocenters. The summed E-state index contributed by atoms with van der Waals surface area (Å²) < 4.78 is 45.5. The van der Waals surface area contributed by atoms with Gasteiger partial charge in [0.2, 0.25) is 10.0 Å². The second kappa shape index (κ2) is 7.43. The number of carboxylic acids is 1. The van der Waals surface area contributed by atoms with E-state index in [1.165, 1.54) is 48.5 Å². The van der Waals surface area contributed by atoms with Gasteiger partial charge >= 0.3 is 5.97 Å². The van der Waals surface area contributed by atoms with Crippen molar-refractivity contribution in [3.05, 3.63) is 54.3 Å². The quantitative estimate of drug-likeness (QED) is 0.800. The minimum absolute atomic E-state index is 0.0838. The molecule has 0 aliphatic carbocycles. The minimum atomic E-state index is -4.02. The first kappa shape index (κ1) is 19.9. The molecule has 0 bridgehead atoms. The highest BCUT2D eigenvalue weighted by Gasteiger charge is 2.35. The first-order valence-corrected chi connectivity index (χ1v) is 9.26. The molecule has 8 heteroatoms. The van der Waals surface area contributed by atoms with Crippen LogP contribution in [0, 0.1) is 11.2 Å². The molecule has 0 spiro atoms. The summed E-state index contributed by atoms with van der Waals surface area (Å²) in [5, 5.41) is 9.27. The van der Waals surface area contributed by atoms with Gasteiger partial charge in [-0.15, -0.1) is 0 Å². The summed E-state index contributed by atoms with van der Waals surface area (Å²) >= 11 is 0. The fourth-order valence-electron chi connectivity index (χ4n) is 2.15. The van der Waals surface area contributed by atoms with Crippen molar-refractivity contribution in [2.75, 3.05) is 0 Å². The monoisotopic (exact) mass is 381 g/mol. The zero-order valence-electron chi connectivity index (χ0n) is 14.6. The number of benzene rings is 2. The maximum absolute atomic E-state index is 12.9. The van der Waals surface area contributed by atoms with Crippen molar-refractivity contribution in [3.63, 3.8) is 0 Å². The fourth-order valence-corrected chi connectivity index (χ4v) is 3.54. The Labute approximate surface area is 151 Å². The molecule has 0 heterocycles. The van der Waals surface area contributed by atoms with Crippen LogP contribution in [0.4, 0.5) is 4.39 Å². The van der Waals surface area contributed by atoms with Crippen molar-refractivity contribution in [2.24, 2.45) is 5.41 Å². The van der Waals surface area contributed by atoms with E-state index >= 15 is 0 Å². The maximum atomic E-state index is 12.9. The molecule has 6 nitrogen and oxygen atoms in total. The molecule has 1 atom stereocenters. The average Bonchev–Trinajstić information content (AvgIpc) is 2.54. The van der Waals surface area contributed by atoms with Crippen LogP contribution in [0.25, 0.3) is 0 Å². The lowest BCUT2D eigenvalue weighted by molar-refractivity contribution is -0.141. The number of halogens is 1. The van der Waals surface area contributed by atoms with Crippen LogP contribution < -0.4 is 9.46 Å². The van der Waals surface area contributed by atoms with Crippen LogP contribution in [-0.2, 0) is 14.8 Å². The zero-order valence-corrected chi connectivity index (χ0v) is 15.4. The van der Waals surface area contributed by atoms with Crippen molar-refractivity contribution in [1.29, 1.82) is 0 Å². The molecule has 2 N–H and O–H groups in total. The summed E-state index contributed by atoms with van der Waals surface area (Å²) in [7, 11) is -4.02. The van der Waals surface area contributed by atoms with Gasteiger partial charge in [-0.05, 0) is 53.9 Å². The molecular formula is C18H20FNO5S. The van der Waals surface area contributed by atoms with E-state index in [2.05, 4.69) is 4.72 Å². The van der Waals surface area contributed by atoms with Gasteiger partial charge in [0.1, 0.15) is 23.4 Å². The molecule has 0 aromatic heterocycles. The Morgan fingerprint density at radius 3 is 1.92 bits per heavy atom. The van der Waals surface area contributed by atoms with Crippen molar-refractivity contribution < 1.29 is 27.4 Å². The van der Waals surface area contributed by atoms with E-state index < -0.39 is 33.3 Å². The highest BCUT2D eigenvalue weighted by atomic mass is 32.2. The molecule has 140 valence electrons. The third-order valence-electron chi connectivity index (χ3n) is 3.57. The van der Waals surface area contributed by atoms with Crippen LogP contribution >= 0.6 is 0 Å². The molecule has 2 aromatic rings. The van der Waals surface area contributed by atoms with E-state index in [9.17, 15) is 22.7 Å². The van der Waals surface area contributed by atoms with Gasteiger partial charge in [-0.25, -0.2) is 12.8 Å². The van der Waals surface area contributed by atoms with Gasteiger partial charge in [0, 0.05) is 0 Å². The predicted molar refractivity (Wildman–Crippen MR) is 94.1 cm³/mol. The highest BCUT2D eigenvalue weighted by molar-refractivity contribution is 7.89. The van der Waals surface area contributed by atoms with E-state index in [1.54, 1.807) is 20.8 Å². The summed E-state index contributed by atoms with van der Waals surface area (Å²) in [6.45, 7) is 4.90. The van der Waals surface area contributed by atoms with Crippen LogP contribution in [0.15, 0.2) is 53.4 Å². The van der Waals surface area contributed by atoms with E-state index in [1.807, 2.05) is 0 Å². The number of carbonyl (C=O) groups is 1. The predicted octanol–water partition coefficient (Wildman–Crippen LogP) is 3.40. The average molecular weight is 381 g/mol. The number of hydrogen-bond donors (Lipinski definition) is 2. The molecule has 0 amide bonds. The van der Waals surface area contributed by atoms with Crippen LogP contribution in [0.5, 0.6) is 11.5 Å². The normalized spacial score (nSPS) is 13.2. The first-order valence-electron chi connectivity index (χ1n) is 7.78. The SMILES string of the molecule is CC(C)(C)[C@@H](NS(=O)(=O)c1ccc(Oc2ccc(F)cc2)cc1)C(=O)O. The van der Waals surface area contributed by atoms with Gasteiger partial charge in [0.05, 0.1) is 4.90 Å². The maximum Gasteiger partial charge on any atom is 0.322 e. The summed E-state index contributed by atoms with van der Waals surface area (Å²) in [5.74, 6) is -0.881. The van der Waals surface area contributed by atoms with E-state index in [4.69, 9.17) is 4.74 Å².